The highest BCUT2D eigenvalue weighted by molar-refractivity contribution is 6.30. The van der Waals surface area contributed by atoms with Gasteiger partial charge in [0, 0.05) is 17.8 Å². The molecule has 0 unspecified atom stereocenters. The van der Waals surface area contributed by atoms with Crippen molar-refractivity contribution in [3.63, 3.8) is 0 Å². The fraction of sp³-hybridized carbons (Fsp3) is 0.222. The van der Waals surface area contributed by atoms with Gasteiger partial charge < -0.3 is 14.8 Å². The van der Waals surface area contributed by atoms with Gasteiger partial charge in [0.15, 0.2) is 0 Å². The van der Waals surface area contributed by atoms with Gasteiger partial charge in [0.05, 0.1) is 6.10 Å². The molecule has 0 aromatic heterocycles. The van der Waals surface area contributed by atoms with E-state index >= 15 is 0 Å². The van der Waals surface area contributed by atoms with E-state index in [2.05, 4.69) is 10.6 Å². The maximum atomic E-state index is 11.2. The van der Waals surface area contributed by atoms with Crippen molar-refractivity contribution in [2.45, 2.75) is 20.0 Å². The summed E-state index contributed by atoms with van der Waals surface area (Å²) in [4.78, 5) is 21.8. The summed E-state index contributed by atoms with van der Waals surface area (Å²) in [7, 11) is 1.52. The van der Waals surface area contributed by atoms with Crippen LogP contribution in [0.25, 0.3) is 0 Å². The number of benzene rings is 2. The van der Waals surface area contributed by atoms with Crippen LogP contribution < -0.4 is 15.4 Å². The van der Waals surface area contributed by atoms with Crippen LogP contribution in [-0.2, 0) is 4.74 Å². The Kier molecular flexibility index (Phi) is 8.89. The zero-order chi connectivity index (χ0) is 18.7. The summed E-state index contributed by atoms with van der Waals surface area (Å²) in [6, 6.07) is 15.8. The van der Waals surface area contributed by atoms with E-state index in [4.69, 9.17) is 21.1 Å². The van der Waals surface area contributed by atoms with E-state index in [1.54, 1.807) is 62.4 Å². The van der Waals surface area contributed by atoms with Crippen molar-refractivity contribution in [1.29, 1.82) is 0 Å². The lowest BCUT2D eigenvalue weighted by atomic mass is 10.3. The number of anilines is 1. The van der Waals surface area contributed by atoms with Gasteiger partial charge in [0.1, 0.15) is 5.75 Å². The molecule has 0 saturated heterocycles. The minimum atomic E-state index is -0.470. The average molecular weight is 365 g/mol. The number of carbonyl (C=O) groups is 2. The van der Waals surface area contributed by atoms with E-state index in [9.17, 15) is 9.59 Å². The van der Waals surface area contributed by atoms with Gasteiger partial charge in [0.25, 0.3) is 0 Å². The van der Waals surface area contributed by atoms with Crippen LogP contribution in [0.1, 0.15) is 13.8 Å². The third-order valence-corrected chi connectivity index (χ3v) is 2.81. The molecule has 2 aromatic rings. The monoisotopic (exact) mass is 364 g/mol. The van der Waals surface area contributed by atoms with Crippen molar-refractivity contribution < 1.29 is 19.1 Å². The second-order valence-corrected chi connectivity index (χ2v) is 5.48. The van der Waals surface area contributed by atoms with E-state index in [1.807, 2.05) is 6.07 Å². The first-order valence-corrected chi connectivity index (χ1v) is 7.96. The number of ether oxygens (including phenoxy) is 2. The molecule has 2 N–H and O–H groups in total. The van der Waals surface area contributed by atoms with Gasteiger partial charge in [-0.2, -0.15) is 0 Å². The predicted molar refractivity (Wildman–Crippen MR) is 98.2 cm³/mol. The maximum Gasteiger partial charge on any atom is 0.412 e. The molecule has 0 radical (unpaired) electrons. The highest BCUT2D eigenvalue weighted by Crippen LogP contribution is 2.15. The molecule has 0 aliphatic heterocycles. The van der Waals surface area contributed by atoms with Crippen LogP contribution in [0.3, 0.4) is 0 Å². The fourth-order valence-electron chi connectivity index (χ4n) is 1.57. The summed E-state index contributed by atoms with van der Waals surface area (Å²) in [6.07, 6.45) is -1.05. The van der Waals surface area contributed by atoms with Crippen molar-refractivity contribution in [1.82, 2.24) is 5.32 Å². The third-order valence-electron chi connectivity index (χ3n) is 2.57. The third kappa shape index (κ3) is 9.22. The fourth-order valence-corrected chi connectivity index (χ4v) is 1.76. The first kappa shape index (κ1) is 20.3. The van der Waals surface area contributed by atoms with Gasteiger partial charge in [-0.05, 0) is 44.2 Å². The van der Waals surface area contributed by atoms with Crippen LogP contribution in [0.4, 0.5) is 15.3 Å². The lowest BCUT2D eigenvalue weighted by Gasteiger charge is -2.09. The molecular formula is C18H21ClN2O4. The molecule has 2 rings (SSSR count). The molecule has 0 aliphatic rings. The number of rotatable bonds is 3. The summed E-state index contributed by atoms with van der Waals surface area (Å²) in [5.74, 6) is 0.548. The Balaban J connectivity index is 0.000000257. The molecule has 2 amide bonds. The van der Waals surface area contributed by atoms with Crippen LogP contribution in [0.15, 0.2) is 54.6 Å². The molecule has 134 valence electrons. The van der Waals surface area contributed by atoms with Crippen LogP contribution in [0.2, 0.25) is 5.02 Å². The number of carbonyl (C=O) groups excluding carboxylic acids is 2. The minimum absolute atomic E-state index is 0.130. The zero-order valence-corrected chi connectivity index (χ0v) is 15.0. The quantitative estimate of drug-likeness (QED) is 0.827. The number of halogens is 1. The summed E-state index contributed by atoms with van der Waals surface area (Å²) in [5.41, 5.74) is 0.628. The Hall–Kier alpha value is -2.73. The Morgan fingerprint density at radius 3 is 2.24 bits per heavy atom. The van der Waals surface area contributed by atoms with Gasteiger partial charge in [0.2, 0.25) is 0 Å². The number of amides is 2. The van der Waals surface area contributed by atoms with Crippen molar-refractivity contribution in [3.05, 3.63) is 59.6 Å². The minimum Gasteiger partial charge on any atom is -0.447 e. The maximum absolute atomic E-state index is 11.2. The second-order valence-electron chi connectivity index (χ2n) is 5.04. The van der Waals surface area contributed by atoms with Gasteiger partial charge in [-0.25, -0.2) is 9.59 Å². The van der Waals surface area contributed by atoms with Crippen molar-refractivity contribution in [2.75, 3.05) is 12.4 Å². The topological polar surface area (TPSA) is 76.7 Å². The van der Waals surface area contributed by atoms with Crippen molar-refractivity contribution >= 4 is 29.5 Å². The van der Waals surface area contributed by atoms with E-state index in [1.165, 1.54) is 7.05 Å². The highest BCUT2D eigenvalue weighted by Gasteiger charge is 2.05. The Morgan fingerprint density at radius 1 is 1.00 bits per heavy atom. The molecule has 6 nitrogen and oxygen atoms in total. The Morgan fingerprint density at radius 2 is 1.68 bits per heavy atom. The zero-order valence-electron chi connectivity index (χ0n) is 14.3. The molecule has 0 atom stereocenters. The van der Waals surface area contributed by atoms with Crippen LogP contribution in [-0.4, -0.2) is 25.3 Å². The smallest absolute Gasteiger partial charge is 0.412 e. The first-order valence-electron chi connectivity index (χ1n) is 7.58. The number of hydrogen-bond acceptors (Lipinski definition) is 4. The molecule has 0 saturated carbocycles. The van der Waals surface area contributed by atoms with E-state index < -0.39 is 12.2 Å². The molecular weight excluding hydrogens is 344 g/mol. The van der Waals surface area contributed by atoms with Crippen molar-refractivity contribution in [3.8, 4) is 5.75 Å². The number of nitrogens with one attached hydrogen (secondary N) is 2. The Bertz CT molecular complexity index is 678. The SMILES string of the molecule is CC(C)OC(=O)Nc1cccc(Cl)c1.CNC(=O)Oc1ccccc1. The first-order chi connectivity index (χ1) is 11.9. The van der Waals surface area contributed by atoms with Gasteiger partial charge >= 0.3 is 12.2 Å². The predicted octanol–water partition coefficient (Wildman–Crippen LogP) is 4.70. The van der Waals surface area contributed by atoms with E-state index in [0.29, 0.717) is 16.5 Å². The molecule has 0 bridgehead atoms. The van der Waals surface area contributed by atoms with Crippen LogP contribution >= 0.6 is 11.6 Å². The molecule has 7 heteroatoms. The summed E-state index contributed by atoms with van der Waals surface area (Å²) in [6.45, 7) is 3.58. The van der Waals surface area contributed by atoms with E-state index in [-0.39, 0.29) is 6.10 Å². The van der Waals surface area contributed by atoms with E-state index in [0.717, 1.165) is 0 Å². The standard InChI is InChI=1S/C10H12ClNO2.C8H9NO2/c1-7(2)14-10(13)12-9-5-3-4-8(11)6-9;1-9-8(10)11-7-5-3-2-4-6-7/h3-7H,1-2H3,(H,12,13);2-6H,1H3,(H,9,10). The Labute approximate surface area is 152 Å². The molecule has 0 heterocycles. The normalized spacial score (nSPS) is 9.48. The summed E-state index contributed by atoms with van der Waals surface area (Å²) < 4.78 is 9.71. The second kappa shape index (κ2) is 10.9. The molecule has 25 heavy (non-hydrogen) atoms. The molecule has 0 spiro atoms. The lowest BCUT2D eigenvalue weighted by molar-refractivity contribution is 0.130. The van der Waals surface area contributed by atoms with Gasteiger partial charge in [-0.15, -0.1) is 0 Å². The largest absolute Gasteiger partial charge is 0.447 e. The number of para-hydroxylation sites is 1. The molecule has 0 aliphatic carbocycles. The molecule has 0 fully saturated rings. The van der Waals surface area contributed by atoms with Gasteiger partial charge in [-0.1, -0.05) is 35.9 Å². The lowest BCUT2D eigenvalue weighted by Crippen LogP contribution is -2.21. The summed E-state index contributed by atoms with van der Waals surface area (Å²) >= 11 is 5.74. The average Bonchev–Trinajstić information content (AvgIpc) is 2.55. The van der Waals surface area contributed by atoms with Crippen molar-refractivity contribution in [2.24, 2.45) is 0 Å². The van der Waals surface area contributed by atoms with Gasteiger partial charge in [-0.3, -0.25) is 5.32 Å². The number of hydrogen-bond donors (Lipinski definition) is 2. The van der Waals surface area contributed by atoms with Crippen LogP contribution in [0.5, 0.6) is 5.75 Å². The molecule has 2 aromatic carbocycles. The highest BCUT2D eigenvalue weighted by atomic mass is 35.5. The van der Waals surface area contributed by atoms with Crippen LogP contribution in [0, 0.1) is 0 Å². The summed E-state index contributed by atoms with van der Waals surface area (Å²) in [5, 5.41) is 5.50.